The SMILES string of the molecule is COc1cc(OC)c2cc(C(=O)/C=C/c3ccc(Cl)cc3Cl)c(=O)sc2c1. The molecule has 0 spiro atoms. The van der Waals surface area contributed by atoms with Gasteiger partial charge in [0.1, 0.15) is 11.5 Å². The van der Waals surface area contributed by atoms with Gasteiger partial charge in [-0.1, -0.05) is 40.6 Å². The number of hydrogen-bond donors (Lipinski definition) is 0. The summed E-state index contributed by atoms with van der Waals surface area (Å²) in [7, 11) is 3.06. The Labute approximate surface area is 169 Å². The number of ketones is 1. The Morgan fingerprint density at radius 3 is 2.52 bits per heavy atom. The Balaban J connectivity index is 2.03. The zero-order valence-corrected chi connectivity index (χ0v) is 16.7. The minimum atomic E-state index is -0.415. The maximum atomic E-state index is 12.6. The third-order valence-electron chi connectivity index (χ3n) is 3.89. The molecule has 0 aliphatic carbocycles. The average Bonchev–Trinajstić information content (AvgIpc) is 2.65. The van der Waals surface area contributed by atoms with Crippen molar-refractivity contribution < 1.29 is 14.3 Å². The second kappa shape index (κ2) is 8.13. The summed E-state index contributed by atoms with van der Waals surface area (Å²) in [4.78, 5) is 25.0. The van der Waals surface area contributed by atoms with Crippen molar-refractivity contribution in [1.82, 2.24) is 0 Å². The fourth-order valence-corrected chi connectivity index (χ4v) is 3.90. The highest BCUT2D eigenvalue weighted by atomic mass is 35.5. The van der Waals surface area contributed by atoms with Gasteiger partial charge in [0.05, 0.1) is 19.8 Å². The minimum absolute atomic E-state index is 0.0669. The predicted molar refractivity (Wildman–Crippen MR) is 111 cm³/mol. The Hall–Kier alpha value is -2.34. The molecule has 0 amide bonds. The molecule has 0 bridgehead atoms. The average molecular weight is 421 g/mol. The van der Waals surface area contributed by atoms with Crippen molar-refractivity contribution in [3.05, 3.63) is 73.2 Å². The number of hydrogen-bond acceptors (Lipinski definition) is 5. The van der Waals surface area contributed by atoms with E-state index in [-0.39, 0.29) is 10.3 Å². The van der Waals surface area contributed by atoms with E-state index in [2.05, 4.69) is 0 Å². The monoisotopic (exact) mass is 420 g/mol. The summed E-state index contributed by atoms with van der Waals surface area (Å²) in [6, 6.07) is 9.95. The van der Waals surface area contributed by atoms with Crippen molar-refractivity contribution in [2.24, 2.45) is 0 Å². The molecule has 0 N–H and O–H groups in total. The summed E-state index contributed by atoms with van der Waals surface area (Å²) in [5.74, 6) is 0.688. The van der Waals surface area contributed by atoms with Gasteiger partial charge < -0.3 is 9.47 Å². The zero-order chi connectivity index (χ0) is 19.6. The van der Waals surface area contributed by atoms with Crippen LogP contribution in [-0.4, -0.2) is 20.0 Å². The number of carbonyl (C=O) groups is 1. The van der Waals surface area contributed by atoms with Crippen LogP contribution < -0.4 is 14.2 Å². The standard InChI is InChI=1S/C20H14Cl2O4S/c1-25-13-8-18(26-2)15-10-14(20(24)27-19(15)9-13)17(23)6-4-11-3-5-12(21)7-16(11)22/h3-10H,1-2H3/b6-4+. The van der Waals surface area contributed by atoms with Crippen LogP contribution in [0.4, 0.5) is 0 Å². The molecule has 1 heterocycles. The van der Waals surface area contributed by atoms with E-state index in [1.54, 1.807) is 42.5 Å². The van der Waals surface area contributed by atoms with Gasteiger partial charge in [-0.15, -0.1) is 0 Å². The van der Waals surface area contributed by atoms with Crippen LogP contribution in [0.5, 0.6) is 11.5 Å². The number of carbonyl (C=O) groups excluding carboxylic acids is 1. The molecule has 27 heavy (non-hydrogen) atoms. The fraction of sp³-hybridized carbons (Fsp3) is 0.100. The molecule has 138 valence electrons. The first-order valence-corrected chi connectivity index (χ1v) is 9.37. The van der Waals surface area contributed by atoms with Crippen molar-refractivity contribution >= 4 is 56.5 Å². The Morgan fingerprint density at radius 1 is 1.07 bits per heavy atom. The second-order valence-corrected chi connectivity index (χ2v) is 7.41. The molecule has 0 aliphatic rings. The summed E-state index contributed by atoms with van der Waals surface area (Å²) in [6.45, 7) is 0. The molecule has 4 nitrogen and oxygen atoms in total. The summed E-state index contributed by atoms with van der Waals surface area (Å²) in [6.07, 6.45) is 2.88. The molecule has 1 aromatic heterocycles. The molecular weight excluding hydrogens is 407 g/mol. The van der Waals surface area contributed by atoms with Gasteiger partial charge in [-0.3, -0.25) is 9.59 Å². The summed E-state index contributed by atoms with van der Waals surface area (Å²) in [5.41, 5.74) is 0.700. The van der Waals surface area contributed by atoms with Crippen LogP contribution in [0.1, 0.15) is 15.9 Å². The molecule has 3 rings (SSSR count). The molecule has 0 saturated heterocycles. The van der Waals surface area contributed by atoms with Gasteiger partial charge in [-0.2, -0.15) is 0 Å². The van der Waals surface area contributed by atoms with Gasteiger partial charge in [-0.25, -0.2) is 0 Å². The first-order valence-electron chi connectivity index (χ1n) is 7.80. The minimum Gasteiger partial charge on any atom is -0.497 e. The number of fused-ring (bicyclic) bond motifs is 1. The van der Waals surface area contributed by atoms with Crippen molar-refractivity contribution in [3.63, 3.8) is 0 Å². The highest BCUT2D eigenvalue weighted by Crippen LogP contribution is 2.33. The third-order valence-corrected chi connectivity index (χ3v) is 5.41. The van der Waals surface area contributed by atoms with Crippen LogP contribution >= 0.6 is 34.5 Å². The number of halogens is 2. The predicted octanol–water partition coefficient (Wildman–Crippen LogP) is 5.48. The largest absolute Gasteiger partial charge is 0.497 e. The van der Waals surface area contributed by atoms with E-state index < -0.39 is 5.78 Å². The lowest BCUT2D eigenvalue weighted by Crippen LogP contribution is -2.09. The van der Waals surface area contributed by atoms with Crippen LogP contribution in [0.3, 0.4) is 0 Å². The van der Waals surface area contributed by atoms with E-state index in [9.17, 15) is 9.59 Å². The van der Waals surface area contributed by atoms with E-state index in [1.165, 1.54) is 20.3 Å². The Bertz CT molecular complexity index is 1120. The molecule has 3 aromatic rings. The van der Waals surface area contributed by atoms with Crippen molar-refractivity contribution in [3.8, 4) is 11.5 Å². The lowest BCUT2D eigenvalue weighted by Gasteiger charge is -2.08. The molecule has 0 unspecified atom stereocenters. The molecular formula is C20H14Cl2O4S. The molecule has 0 atom stereocenters. The lowest BCUT2D eigenvalue weighted by molar-refractivity contribution is 0.104. The van der Waals surface area contributed by atoms with E-state index in [0.717, 1.165) is 11.3 Å². The van der Waals surface area contributed by atoms with Crippen LogP contribution in [0.2, 0.25) is 10.0 Å². The number of ether oxygens (including phenoxy) is 2. The van der Waals surface area contributed by atoms with Crippen LogP contribution in [0.15, 0.2) is 47.3 Å². The first kappa shape index (κ1) is 19.4. The highest BCUT2D eigenvalue weighted by Gasteiger charge is 2.14. The lowest BCUT2D eigenvalue weighted by atomic mass is 10.1. The Morgan fingerprint density at radius 2 is 1.85 bits per heavy atom. The van der Waals surface area contributed by atoms with E-state index >= 15 is 0 Å². The summed E-state index contributed by atoms with van der Waals surface area (Å²) in [5, 5.41) is 1.59. The molecule has 7 heteroatoms. The fourth-order valence-electron chi connectivity index (χ4n) is 2.51. The summed E-state index contributed by atoms with van der Waals surface area (Å²) >= 11 is 12.9. The maximum absolute atomic E-state index is 12.6. The number of rotatable bonds is 5. The highest BCUT2D eigenvalue weighted by molar-refractivity contribution is 7.16. The van der Waals surface area contributed by atoms with Crippen LogP contribution in [0, 0.1) is 0 Å². The van der Waals surface area contributed by atoms with Crippen molar-refractivity contribution in [2.45, 2.75) is 0 Å². The Kier molecular flexibility index (Phi) is 5.85. The zero-order valence-electron chi connectivity index (χ0n) is 14.4. The van der Waals surface area contributed by atoms with Gasteiger partial charge in [0.2, 0.25) is 4.74 Å². The van der Waals surface area contributed by atoms with Crippen LogP contribution in [-0.2, 0) is 0 Å². The number of allylic oxidation sites excluding steroid dienone is 1. The molecule has 2 aromatic carbocycles. The molecule has 0 saturated carbocycles. The first-order chi connectivity index (χ1) is 12.9. The maximum Gasteiger partial charge on any atom is 0.244 e. The van der Waals surface area contributed by atoms with Gasteiger partial charge in [0, 0.05) is 26.2 Å². The van der Waals surface area contributed by atoms with Crippen LogP contribution in [0.25, 0.3) is 16.2 Å². The van der Waals surface area contributed by atoms with Crippen molar-refractivity contribution in [2.75, 3.05) is 14.2 Å². The van der Waals surface area contributed by atoms with Gasteiger partial charge in [-0.05, 0) is 42.0 Å². The van der Waals surface area contributed by atoms with E-state index in [4.69, 9.17) is 32.7 Å². The number of benzene rings is 2. The molecule has 0 fully saturated rings. The normalized spacial score (nSPS) is 11.1. The topological polar surface area (TPSA) is 52.6 Å². The van der Waals surface area contributed by atoms with Gasteiger partial charge in [0.15, 0.2) is 5.78 Å². The van der Waals surface area contributed by atoms with Gasteiger partial charge >= 0.3 is 0 Å². The number of methoxy groups -OCH3 is 2. The second-order valence-electron chi connectivity index (χ2n) is 5.55. The smallest absolute Gasteiger partial charge is 0.244 e. The van der Waals surface area contributed by atoms with E-state index in [1.807, 2.05) is 0 Å². The van der Waals surface area contributed by atoms with E-state index in [0.29, 0.717) is 37.2 Å². The van der Waals surface area contributed by atoms with Crippen molar-refractivity contribution in [1.29, 1.82) is 0 Å². The summed E-state index contributed by atoms with van der Waals surface area (Å²) < 4.78 is 10.9. The quantitative estimate of drug-likeness (QED) is 0.404. The third kappa shape index (κ3) is 4.16. The molecule has 0 aliphatic heterocycles. The molecule has 0 radical (unpaired) electrons. The van der Waals surface area contributed by atoms with Gasteiger partial charge in [0.25, 0.3) is 0 Å².